The first-order valence-electron chi connectivity index (χ1n) is 15.1. The molecule has 0 bridgehead atoms. The zero-order chi connectivity index (χ0) is 35.2. The van der Waals surface area contributed by atoms with Gasteiger partial charge in [-0.2, -0.15) is 0 Å². The average Bonchev–Trinajstić information content (AvgIpc) is 3.37. The number of methoxy groups -OCH3 is 1. The van der Waals surface area contributed by atoms with Gasteiger partial charge in [-0.25, -0.2) is 14.6 Å². The van der Waals surface area contributed by atoms with E-state index < -0.39 is 18.0 Å². The van der Waals surface area contributed by atoms with E-state index in [1.807, 2.05) is 12.1 Å². The molecule has 0 N–H and O–H groups in total. The number of nitrogens with zero attached hydrogens (tertiary/aromatic N) is 2. The summed E-state index contributed by atoms with van der Waals surface area (Å²) in [5.74, 6) is -0.0292. The van der Waals surface area contributed by atoms with Crippen molar-refractivity contribution in [2.24, 2.45) is 4.99 Å². The van der Waals surface area contributed by atoms with Crippen molar-refractivity contribution in [3.05, 3.63) is 117 Å². The molecule has 0 amide bonds. The van der Waals surface area contributed by atoms with Gasteiger partial charge >= 0.3 is 11.9 Å². The van der Waals surface area contributed by atoms with E-state index in [9.17, 15) is 14.4 Å². The Labute approximate surface area is 304 Å². The van der Waals surface area contributed by atoms with Crippen LogP contribution in [0.25, 0.3) is 6.08 Å². The van der Waals surface area contributed by atoms with Crippen LogP contribution in [0.4, 0.5) is 0 Å². The Balaban J connectivity index is 1.62. The number of allylic oxidation sites excluding steroid dienone is 1. The van der Waals surface area contributed by atoms with Crippen LogP contribution in [0.2, 0.25) is 10.0 Å². The Morgan fingerprint density at radius 1 is 0.980 bits per heavy atom. The normalized spacial score (nSPS) is 14.2. The highest BCUT2D eigenvalue weighted by atomic mass is 79.9. The van der Waals surface area contributed by atoms with E-state index in [2.05, 4.69) is 25.7 Å². The molecule has 0 spiro atoms. The number of fused-ring (bicyclic) bond motifs is 1. The fourth-order valence-electron chi connectivity index (χ4n) is 5.08. The van der Waals surface area contributed by atoms with E-state index in [0.717, 1.165) is 10.0 Å². The van der Waals surface area contributed by atoms with Gasteiger partial charge in [-0.05, 0) is 74.9 Å². The average molecular weight is 791 g/mol. The smallest absolute Gasteiger partial charge is 0.343 e. The largest absolute Gasteiger partial charge is 0.490 e. The summed E-state index contributed by atoms with van der Waals surface area (Å²) in [6.45, 7) is 5.48. The summed E-state index contributed by atoms with van der Waals surface area (Å²) in [7, 11) is 1.27. The number of carbonyl (C=O) groups excluding carboxylic acids is 2. The molecule has 10 nitrogen and oxygen atoms in total. The lowest BCUT2D eigenvalue weighted by Gasteiger charge is -2.25. The number of ether oxygens (including phenoxy) is 5. The molecule has 0 fully saturated rings. The summed E-state index contributed by atoms with van der Waals surface area (Å²) < 4.78 is 30.4. The van der Waals surface area contributed by atoms with Crippen LogP contribution in [0.3, 0.4) is 0 Å². The molecule has 0 saturated carbocycles. The number of halogens is 3. The third-order valence-electron chi connectivity index (χ3n) is 7.33. The van der Waals surface area contributed by atoms with Crippen LogP contribution in [0.15, 0.2) is 80.1 Å². The van der Waals surface area contributed by atoms with Gasteiger partial charge in [-0.15, -0.1) is 0 Å². The summed E-state index contributed by atoms with van der Waals surface area (Å²) in [6.07, 6.45) is 1.73. The zero-order valence-corrected chi connectivity index (χ0v) is 30.8. The van der Waals surface area contributed by atoms with E-state index in [1.165, 1.54) is 23.0 Å². The van der Waals surface area contributed by atoms with Gasteiger partial charge in [-0.1, -0.05) is 62.6 Å². The SMILES string of the molecule is CCOC(=O)C1=C(C)N=c2s/c(=C\c3cc(Br)ccc3OCc3ccc(Cl)cc3Cl)c(=O)n2[C@@H]1c1ccc(OCC(=O)OC)c(OCC)c1. The quantitative estimate of drug-likeness (QED) is 0.152. The van der Waals surface area contributed by atoms with E-state index in [4.69, 9.17) is 42.1 Å². The van der Waals surface area contributed by atoms with Crippen molar-refractivity contribution in [2.45, 2.75) is 33.4 Å². The van der Waals surface area contributed by atoms with Crippen LogP contribution in [-0.4, -0.2) is 43.4 Å². The predicted molar refractivity (Wildman–Crippen MR) is 190 cm³/mol. The fraction of sp³-hybridized carbons (Fsp3) is 0.257. The first kappa shape index (κ1) is 36.2. The van der Waals surface area contributed by atoms with Gasteiger partial charge in [0.15, 0.2) is 22.9 Å². The Morgan fingerprint density at radius 3 is 2.47 bits per heavy atom. The molecule has 3 aromatic carbocycles. The second-order valence-electron chi connectivity index (χ2n) is 10.5. The van der Waals surface area contributed by atoms with Crippen molar-refractivity contribution < 1.29 is 33.3 Å². The number of esters is 2. The standard InChI is InChI=1S/C35H31BrCl2N2O8S/c1-5-45-28-14-20(8-11-27(28)48-18-30(41)44-4)32-31(34(43)46-6-2)19(3)39-35-40(32)33(42)29(49-35)15-22-13-23(36)9-12-26(22)47-17-21-7-10-24(37)16-25(21)38/h7-16,32H,5-6,17-18H2,1-4H3/b29-15-/t32-/m1/s1. The number of hydrogen-bond donors (Lipinski definition) is 0. The van der Waals surface area contributed by atoms with Crippen molar-refractivity contribution in [2.75, 3.05) is 26.9 Å². The Morgan fingerprint density at radius 2 is 1.76 bits per heavy atom. The molecular weight excluding hydrogens is 759 g/mol. The molecule has 14 heteroatoms. The molecule has 0 saturated heterocycles. The molecule has 1 aromatic heterocycles. The summed E-state index contributed by atoms with van der Waals surface area (Å²) in [5, 5.41) is 0.993. The highest BCUT2D eigenvalue weighted by molar-refractivity contribution is 9.10. The molecule has 1 atom stereocenters. The minimum atomic E-state index is -0.906. The van der Waals surface area contributed by atoms with Crippen LogP contribution in [-0.2, 0) is 25.7 Å². The van der Waals surface area contributed by atoms with Gasteiger partial charge < -0.3 is 23.7 Å². The maximum absolute atomic E-state index is 14.3. The van der Waals surface area contributed by atoms with Gasteiger partial charge in [0, 0.05) is 25.6 Å². The molecule has 49 heavy (non-hydrogen) atoms. The minimum absolute atomic E-state index is 0.129. The number of rotatable bonds is 12. The number of thiazole rings is 1. The van der Waals surface area contributed by atoms with Crippen LogP contribution in [0.1, 0.15) is 43.5 Å². The lowest BCUT2D eigenvalue weighted by atomic mass is 9.95. The second-order valence-corrected chi connectivity index (χ2v) is 13.3. The molecule has 256 valence electrons. The van der Waals surface area contributed by atoms with Gasteiger partial charge in [0.05, 0.1) is 42.2 Å². The highest BCUT2D eigenvalue weighted by Crippen LogP contribution is 2.36. The Bertz CT molecular complexity index is 2130. The van der Waals surface area contributed by atoms with Crippen LogP contribution in [0, 0.1) is 0 Å². The Hall–Kier alpha value is -4.10. The van der Waals surface area contributed by atoms with Crippen molar-refractivity contribution in [3.63, 3.8) is 0 Å². The van der Waals surface area contributed by atoms with E-state index >= 15 is 0 Å². The third-order valence-corrected chi connectivity index (χ3v) is 9.39. The lowest BCUT2D eigenvalue weighted by molar-refractivity contribution is -0.143. The third kappa shape index (κ3) is 8.21. The zero-order valence-electron chi connectivity index (χ0n) is 26.9. The van der Waals surface area contributed by atoms with E-state index in [1.54, 1.807) is 69.3 Å². The first-order chi connectivity index (χ1) is 23.5. The molecule has 0 radical (unpaired) electrons. The summed E-state index contributed by atoms with van der Waals surface area (Å²) in [5.41, 5.74) is 2.16. The molecule has 5 rings (SSSR count). The van der Waals surface area contributed by atoms with Crippen molar-refractivity contribution >= 4 is 68.5 Å². The van der Waals surface area contributed by atoms with Gasteiger partial charge in [0.25, 0.3) is 5.56 Å². The number of carbonyl (C=O) groups is 2. The minimum Gasteiger partial charge on any atom is -0.490 e. The monoisotopic (exact) mass is 788 g/mol. The maximum Gasteiger partial charge on any atom is 0.343 e. The molecule has 0 aliphatic carbocycles. The summed E-state index contributed by atoms with van der Waals surface area (Å²) in [6, 6.07) is 14.7. The topological polar surface area (TPSA) is 115 Å². The molecular formula is C35H31BrCl2N2O8S. The number of aromatic nitrogens is 1. The predicted octanol–water partition coefficient (Wildman–Crippen LogP) is 6.40. The summed E-state index contributed by atoms with van der Waals surface area (Å²) in [4.78, 5) is 44.5. The fourth-order valence-corrected chi connectivity index (χ4v) is 6.96. The summed E-state index contributed by atoms with van der Waals surface area (Å²) >= 11 is 17.1. The van der Waals surface area contributed by atoms with Gasteiger partial charge in [0.1, 0.15) is 12.4 Å². The maximum atomic E-state index is 14.3. The molecule has 2 heterocycles. The first-order valence-corrected chi connectivity index (χ1v) is 17.4. The van der Waals surface area contributed by atoms with Crippen molar-refractivity contribution in [3.8, 4) is 17.2 Å². The van der Waals surface area contributed by atoms with Crippen molar-refractivity contribution in [1.82, 2.24) is 4.57 Å². The van der Waals surface area contributed by atoms with Crippen LogP contribution in [0.5, 0.6) is 17.2 Å². The number of hydrogen-bond acceptors (Lipinski definition) is 10. The van der Waals surface area contributed by atoms with Crippen LogP contribution >= 0.6 is 50.5 Å². The van der Waals surface area contributed by atoms with Gasteiger partial charge in [-0.3, -0.25) is 9.36 Å². The molecule has 1 aliphatic rings. The Kier molecular flexibility index (Phi) is 11.9. The van der Waals surface area contributed by atoms with E-state index in [-0.39, 0.29) is 31.0 Å². The highest BCUT2D eigenvalue weighted by Gasteiger charge is 2.34. The van der Waals surface area contributed by atoms with Crippen LogP contribution < -0.4 is 29.1 Å². The molecule has 4 aromatic rings. The second kappa shape index (κ2) is 16.1. The van der Waals surface area contributed by atoms with Crippen molar-refractivity contribution in [1.29, 1.82) is 0 Å². The molecule has 0 unspecified atom stereocenters. The van der Waals surface area contributed by atoms with Gasteiger partial charge in [0.2, 0.25) is 0 Å². The molecule has 1 aliphatic heterocycles. The number of benzene rings is 3. The lowest BCUT2D eigenvalue weighted by Crippen LogP contribution is -2.40. The van der Waals surface area contributed by atoms with E-state index in [0.29, 0.717) is 60.1 Å².